The van der Waals surface area contributed by atoms with Crippen molar-refractivity contribution in [3.63, 3.8) is 0 Å². The SMILES string of the molecule is CC.CC.CSC.O=c1[nH]ncc(N2CCc3c(nnn3Cc3cccnc3)C2)c1Cl. The number of hydrogen-bond donors (Lipinski definition) is 1. The van der Waals surface area contributed by atoms with Crippen LogP contribution in [0.3, 0.4) is 0 Å². The fourth-order valence-electron chi connectivity index (χ4n) is 2.86. The molecular formula is C21H32ClN7OS. The van der Waals surface area contributed by atoms with Crippen LogP contribution in [-0.2, 0) is 19.5 Å². The van der Waals surface area contributed by atoms with Crippen molar-refractivity contribution >= 4 is 29.1 Å². The Balaban J connectivity index is 0.000000620. The summed E-state index contributed by atoms with van der Waals surface area (Å²) in [4.78, 5) is 17.7. The highest BCUT2D eigenvalue weighted by molar-refractivity contribution is 7.97. The first kappa shape index (κ1) is 26.6. The topological polar surface area (TPSA) is 92.6 Å². The van der Waals surface area contributed by atoms with Gasteiger partial charge in [-0.05, 0) is 24.1 Å². The smallest absolute Gasteiger partial charge is 0.285 e. The molecule has 0 radical (unpaired) electrons. The molecule has 31 heavy (non-hydrogen) atoms. The van der Waals surface area contributed by atoms with Crippen molar-refractivity contribution in [2.45, 2.75) is 47.2 Å². The molecule has 170 valence electrons. The van der Waals surface area contributed by atoms with Crippen LogP contribution in [0.1, 0.15) is 44.6 Å². The normalized spacial score (nSPS) is 11.6. The Morgan fingerprint density at radius 1 is 1.19 bits per heavy atom. The van der Waals surface area contributed by atoms with Gasteiger partial charge in [-0.3, -0.25) is 9.78 Å². The van der Waals surface area contributed by atoms with Crippen LogP contribution in [0, 0.1) is 0 Å². The molecule has 0 saturated heterocycles. The van der Waals surface area contributed by atoms with Crippen LogP contribution in [0.5, 0.6) is 0 Å². The van der Waals surface area contributed by atoms with E-state index in [1.165, 1.54) is 0 Å². The van der Waals surface area contributed by atoms with Gasteiger partial charge in [-0.2, -0.15) is 16.9 Å². The van der Waals surface area contributed by atoms with Crippen LogP contribution >= 0.6 is 23.4 Å². The van der Waals surface area contributed by atoms with Crippen molar-refractivity contribution < 1.29 is 0 Å². The first-order valence-electron chi connectivity index (χ1n) is 10.3. The van der Waals surface area contributed by atoms with E-state index in [1.807, 2.05) is 68.1 Å². The Kier molecular flexibility index (Phi) is 12.5. The highest BCUT2D eigenvalue weighted by Gasteiger charge is 2.24. The third-order valence-electron chi connectivity index (χ3n) is 4.05. The zero-order chi connectivity index (χ0) is 23.2. The summed E-state index contributed by atoms with van der Waals surface area (Å²) in [5.74, 6) is 0. The summed E-state index contributed by atoms with van der Waals surface area (Å²) in [5.41, 5.74) is 3.30. The highest BCUT2D eigenvalue weighted by atomic mass is 35.5. The molecule has 0 atom stereocenters. The predicted octanol–water partition coefficient (Wildman–Crippen LogP) is 4.05. The second-order valence-corrected chi connectivity index (χ2v) is 7.17. The van der Waals surface area contributed by atoms with Gasteiger partial charge in [0.25, 0.3) is 5.56 Å². The van der Waals surface area contributed by atoms with Crippen LogP contribution < -0.4 is 10.5 Å². The highest BCUT2D eigenvalue weighted by Crippen LogP contribution is 2.26. The largest absolute Gasteiger partial charge is 0.362 e. The van der Waals surface area contributed by atoms with Gasteiger partial charge in [-0.25, -0.2) is 9.78 Å². The van der Waals surface area contributed by atoms with Gasteiger partial charge in [0.2, 0.25) is 0 Å². The molecule has 4 heterocycles. The van der Waals surface area contributed by atoms with Gasteiger partial charge in [-0.15, -0.1) is 5.10 Å². The number of nitrogens with one attached hydrogen (secondary N) is 1. The van der Waals surface area contributed by atoms with E-state index in [1.54, 1.807) is 24.2 Å². The maximum atomic E-state index is 11.6. The molecular weight excluding hydrogens is 434 g/mol. The number of aromatic amines is 1. The van der Waals surface area contributed by atoms with Gasteiger partial charge in [0.1, 0.15) is 10.7 Å². The van der Waals surface area contributed by atoms with E-state index in [9.17, 15) is 4.79 Å². The monoisotopic (exact) mass is 465 g/mol. The molecule has 10 heteroatoms. The third kappa shape index (κ3) is 7.36. The molecule has 0 aliphatic carbocycles. The average molecular weight is 466 g/mol. The fraction of sp³-hybridized carbons (Fsp3) is 0.476. The lowest BCUT2D eigenvalue weighted by Crippen LogP contribution is -2.32. The minimum atomic E-state index is -0.389. The Morgan fingerprint density at radius 2 is 1.90 bits per heavy atom. The Morgan fingerprint density at radius 3 is 2.55 bits per heavy atom. The average Bonchev–Trinajstić information content (AvgIpc) is 3.21. The van der Waals surface area contributed by atoms with E-state index in [2.05, 4.69) is 25.5 Å². The van der Waals surface area contributed by atoms with E-state index in [0.29, 0.717) is 18.8 Å². The molecule has 0 spiro atoms. The molecule has 8 nitrogen and oxygen atoms in total. The number of H-pyrrole nitrogens is 1. The van der Waals surface area contributed by atoms with Crippen molar-refractivity contribution in [3.05, 3.63) is 63.1 Å². The lowest BCUT2D eigenvalue weighted by molar-refractivity contribution is 0.605. The summed E-state index contributed by atoms with van der Waals surface area (Å²) in [7, 11) is 0. The molecule has 0 saturated carbocycles. The van der Waals surface area contributed by atoms with Crippen LogP contribution in [0.15, 0.2) is 35.5 Å². The van der Waals surface area contributed by atoms with Gasteiger partial charge in [-0.1, -0.05) is 50.6 Å². The first-order valence-corrected chi connectivity index (χ1v) is 12.3. The Labute approximate surface area is 193 Å². The Bertz CT molecular complexity index is 946. The summed E-state index contributed by atoms with van der Waals surface area (Å²) in [6, 6.07) is 3.92. The molecule has 0 aromatic carbocycles. The molecule has 0 unspecified atom stereocenters. The van der Waals surface area contributed by atoms with Crippen LogP contribution in [0.25, 0.3) is 0 Å². The summed E-state index contributed by atoms with van der Waals surface area (Å²) in [6.45, 7) is 9.91. The minimum Gasteiger partial charge on any atom is -0.362 e. The summed E-state index contributed by atoms with van der Waals surface area (Å²) in [6.07, 6.45) is 9.99. The number of rotatable bonds is 3. The van der Waals surface area contributed by atoms with E-state index < -0.39 is 0 Å². The van der Waals surface area contributed by atoms with Crippen molar-refractivity contribution in [1.82, 2.24) is 30.2 Å². The molecule has 1 N–H and O–H groups in total. The number of hydrogen-bond acceptors (Lipinski definition) is 7. The lowest BCUT2D eigenvalue weighted by atomic mass is 10.1. The van der Waals surface area contributed by atoms with Gasteiger partial charge in [0.15, 0.2) is 0 Å². The number of halogens is 1. The summed E-state index contributed by atoms with van der Waals surface area (Å²) in [5, 5.41) is 14.8. The van der Waals surface area contributed by atoms with Crippen LogP contribution in [0.4, 0.5) is 5.69 Å². The van der Waals surface area contributed by atoms with Gasteiger partial charge >= 0.3 is 0 Å². The lowest BCUT2D eigenvalue weighted by Gasteiger charge is -2.28. The van der Waals surface area contributed by atoms with Gasteiger partial charge in [0, 0.05) is 25.4 Å². The second-order valence-electron chi connectivity index (χ2n) is 5.98. The summed E-state index contributed by atoms with van der Waals surface area (Å²) < 4.78 is 1.90. The molecule has 4 rings (SSSR count). The van der Waals surface area contributed by atoms with Crippen molar-refractivity contribution in [2.75, 3.05) is 24.0 Å². The standard InChI is InChI=1S/C15H14ClN7O.C2H6S.2C2H6/c16-14-13(7-18-20-15(14)24)22-5-3-12-11(9-22)19-21-23(12)8-10-2-1-4-17-6-10;1-3-2;2*1-2/h1-2,4,6-7H,3,5,8-9H2,(H,20,24);1-2H3;2*1-2H3. The minimum absolute atomic E-state index is 0.149. The fourth-order valence-corrected chi connectivity index (χ4v) is 3.07. The number of anilines is 1. The molecule has 1 aliphatic heterocycles. The molecule has 0 bridgehead atoms. The molecule has 1 aliphatic rings. The van der Waals surface area contributed by atoms with Crippen LogP contribution in [0.2, 0.25) is 5.02 Å². The first-order chi connectivity index (χ1) is 15.1. The van der Waals surface area contributed by atoms with Crippen molar-refractivity contribution in [1.29, 1.82) is 0 Å². The van der Waals surface area contributed by atoms with Crippen LogP contribution in [-0.4, -0.2) is 49.2 Å². The number of pyridine rings is 1. The summed E-state index contributed by atoms with van der Waals surface area (Å²) >= 11 is 7.84. The predicted molar refractivity (Wildman–Crippen MR) is 130 cm³/mol. The molecule has 0 fully saturated rings. The second kappa shape index (κ2) is 14.6. The Hall–Kier alpha value is -2.39. The van der Waals surface area contributed by atoms with E-state index >= 15 is 0 Å². The van der Waals surface area contributed by atoms with E-state index in [0.717, 1.165) is 29.9 Å². The van der Waals surface area contributed by atoms with E-state index in [4.69, 9.17) is 11.6 Å². The van der Waals surface area contributed by atoms with Gasteiger partial charge < -0.3 is 4.90 Å². The maximum absolute atomic E-state index is 11.6. The molecule has 3 aromatic rings. The quantitative estimate of drug-likeness (QED) is 0.623. The number of fused-ring (bicyclic) bond motifs is 1. The zero-order valence-corrected chi connectivity index (χ0v) is 20.7. The van der Waals surface area contributed by atoms with Crippen molar-refractivity contribution in [2.24, 2.45) is 0 Å². The zero-order valence-electron chi connectivity index (χ0n) is 19.1. The molecule has 3 aromatic heterocycles. The maximum Gasteiger partial charge on any atom is 0.285 e. The number of nitrogens with zero attached hydrogens (tertiary/aromatic N) is 6. The number of thioether (sulfide) groups is 1. The number of aromatic nitrogens is 6. The third-order valence-corrected chi connectivity index (χ3v) is 4.42. The van der Waals surface area contributed by atoms with Gasteiger partial charge in [0.05, 0.1) is 30.7 Å². The van der Waals surface area contributed by atoms with E-state index in [-0.39, 0.29) is 10.6 Å². The van der Waals surface area contributed by atoms with Crippen molar-refractivity contribution in [3.8, 4) is 0 Å². The molecule has 0 amide bonds.